The van der Waals surface area contributed by atoms with Crippen LogP contribution < -0.4 is 0 Å². The van der Waals surface area contributed by atoms with Gasteiger partial charge in [-0.3, -0.25) is 0 Å². The zero-order valence-electron chi connectivity index (χ0n) is 11.1. The van der Waals surface area contributed by atoms with E-state index in [0.29, 0.717) is 6.54 Å². The summed E-state index contributed by atoms with van der Waals surface area (Å²) in [5, 5.41) is -0.0712. The van der Waals surface area contributed by atoms with Crippen molar-refractivity contribution in [2.75, 3.05) is 6.54 Å². The summed E-state index contributed by atoms with van der Waals surface area (Å²) in [6.45, 7) is 2.66. The average Bonchev–Trinajstić information content (AvgIpc) is 2.82. The normalized spacial score (nSPS) is 29.6. The van der Waals surface area contributed by atoms with Crippen molar-refractivity contribution in [3.63, 3.8) is 0 Å². The highest BCUT2D eigenvalue weighted by molar-refractivity contribution is 7.89. The molecule has 1 saturated heterocycles. The molecular formula is C13H24ClNO2S. The minimum Gasteiger partial charge on any atom is -0.212 e. The third kappa shape index (κ3) is 3.20. The summed E-state index contributed by atoms with van der Waals surface area (Å²) in [7, 11) is -3.08. The van der Waals surface area contributed by atoms with Crippen LogP contribution in [0.5, 0.6) is 0 Å². The lowest BCUT2D eigenvalue weighted by atomic mass is 10.0. The SMILES string of the molecule is CC(Cl)CC1CCCCN1S(=O)(=O)C1CCCC1. The number of piperidine rings is 1. The first kappa shape index (κ1) is 14.6. The molecule has 0 aromatic heterocycles. The topological polar surface area (TPSA) is 37.4 Å². The average molecular weight is 294 g/mol. The fraction of sp³-hybridized carbons (Fsp3) is 1.00. The van der Waals surface area contributed by atoms with Crippen molar-refractivity contribution in [2.45, 2.75) is 75.0 Å². The van der Waals surface area contributed by atoms with Crippen LogP contribution in [0.2, 0.25) is 0 Å². The highest BCUT2D eigenvalue weighted by Gasteiger charge is 2.39. The molecule has 18 heavy (non-hydrogen) atoms. The van der Waals surface area contributed by atoms with E-state index in [-0.39, 0.29) is 16.7 Å². The minimum absolute atomic E-state index is 0.0504. The number of alkyl halides is 1. The molecule has 2 unspecified atom stereocenters. The molecule has 0 aromatic carbocycles. The standard InChI is InChI=1S/C13H24ClNO2S/c1-11(14)10-12-6-4-5-9-15(12)18(16,17)13-7-2-3-8-13/h11-13H,2-10H2,1H3. The molecule has 1 aliphatic carbocycles. The van der Waals surface area contributed by atoms with Crippen molar-refractivity contribution in [3.05, 3.63) is 0 Å². The number of hydrogen-bond donors (Lipinski definition) is 0. The summed E-state index contributed by atoms with van der Waals surface area (Å²) in [6.07, 6.45) is 7.72. The Balaban J connectivity index is 2.11. The summed E-state index contributed by atoms with van der Waals surface area (Å²) in [6, 6.07) is 0.136. The Morgan fingerprint density at radius 2 is 1.78 bits per heavy atom. The van der Waals surface area contributed by atoms with Gasteiger partial charge in [0.2, 0.25) is 10.0 Å². The van der Waals surface area contributed by atoms with Gasteiger partial charge >= 0.3 is 0 Å². The second kappa shape index (κ2) is 6.10. The molecule has 2 rings (SSSR count). The van der Waals surface area contributed by atoms with E-state index in [1.165, 1.54) is 0 Å². The third-order valence-corrected chi connectivity index (χ3v) is 6.85. The zero-order chi connectivity index (χ0) is 13.2. The first-order chi connectivity index (χ1) is 8.51. The number of rotatable bonds is 4. The smallest absolute Gasteiger partial charge is 0.212 e. The summed E-state index contributed by atoms with van der Waals surface area (Å²) in [5.74, 6) is 0. The summed E-state index contributed by atoms with van der Waals surface area (Å²) in [5.41, 5.74) is 0. The third-order valence-electron chi connectivity index (χ3n) is 4.22. The minimum atomic E-state index is -3.08. The zero-order valence-corrected chi connectivity index (χ0v) is 12.7. The van der Waals surface area contributed by atoms with Crippen LogP contribution in [0.25, 0.3) is 0 Å². The Bertz CT molecular complexity index is 363. The lowest BCUT2D eigenvalue weighted by Gasteiger charge is -2.37. The molecule has 0 amide bonds. The van der Waals surface area contributed by atoms with Crippen molar-refractivity contribution >= 4 is 21.6 Å². The van der Waals surface area contributed by atoms with E-state index in [9.17, 15) is 8.42 Å². The summed E-state index contributed by atoms with van der Waals surface area (Å²) >= 11 is 6.06. The number of nitrogens with zero attached hydrogens (tertiary/aromatic N) is 1. The van der Waals surface area contributed by atoms with Crippen molar-refractivity contribution < 1.29 is 8.42 Å². The molecule has 0 aromatic rings. The molecule has 2 fully saturated rings. The largest absolute Gasteiger partial charge is 0.217 e. The molecule has 1 heterocycles. The van der Waals surface area contributed by atoms with Gasteiger partial charge in [0.15, 0.2) is 0 Å². The van der Waals surface area contributed by atoms with Crippen LogP contribution >= 0.6 is 11.6 Å². The van der Waals surface area contributed by atoms with Gasteiger partial charge in [-0.2, -0.15) is 4.31 Å². The molecule has 0 N–H and O–H groups in total. The highest BCUT2D eigenvalue weighted by Crippen LogP contribution is 2.32. The fourth-order valence-electron chi connectivity index (χ4n) is 3.30. The molecule has 0 radical (unpaired) electrons. The second-order valence-electron chi connectivity index (χ2n) is 5.73. The van der Waals surface area contributed by atoms with Crippen molar-refractivity contribution in [1.29, 1.82) is 0 Å². The summed E-state index contributed by atoms with van der Waals surface area (Å²) in [4.78, 5) is 0. The van der Waals surface area contributed by atoms with Gasteiger partial charge in [0.25, 0.3) is 0 Å². The van der Waals surface area contributed by atoms with Gasteiger partial charge in [-0.25, -0.2) is 8.42 Å². The first-order valence-corrected chi connectivity index (χ1v) is 9.10. The molecule has 1 aliphatic heterocycles. The van der Waals surface area contributed by atoms with Gasteiger partial charge in [0.1, 0.15) is 0 Å². The quantitative estimate of drug-likeness (QED) is 0.747. The van der Waals surface area contributed by atoms with E-state index in [2.05, 4.69) is 0 Å². The van der Waals surface area contributed by atoms with Crippen molar-refractivity contribution in [1.82, 2.24) is 4.31 Å². The van der Waals surface area contributed by atoms with Gasteiger partial charge in [-0.05, 0) is 39.0 Å². The first-order valence-electron chi connectivity index (χ1n) is 7.16. The summed E-state index contributed by atoms with van der Waals surface area (Å²) < 4.78 is 27.1. The van der Waals surface area contributed by atoms with Gasteiger partial charge in [0, 0.05) is 18.0 Å². The van der Waals surface area contributed by atoms with E-state index in [1.54, 1.807) is 4.31 Å². The van der Waals surface area contributed by atoms with E-state index >= 15 is 0 Å². The lowest BCUT2D eigenvalue weighted by molar-refractivity contribution is 0.238. The van der Waals surface area contributed by atoms with Crippen LogP contribution in [-0.4, -0.2) is 35.9 Å². The maximum absolute atomic E-state index is 12.7. The molecule has 3 nitrogen and oxygen atoms in total. The molecule has 1 saturated carbocycles. The molecule has 0 bridgehead atoms. The van der Waals surface area contributed by atoms with E-state index in [4.69, 9.17) is 11.6 Å². The highest BCUT2D eigenvalue weighted by atomic mass is 35.5. The lowest BCUT2D eigenvalue weighted by Crippen LogP contribution is -2.47. The maximum atomic E-state index is 12.7. The number of halogens is 1. The van der Waals surface area contributed by atoms with Gasteiger partial charge in [-0.1, -0.05) is 19.3 Å². The Kier molecular flexibility index (Phi) is 4.95. The van der Waals surface area contributed by atoms with Gasteiger partial charge in [0.05, 0.1) is 5.25 Å². The van der Waals surface area contributed by atoms with Crippen LogP contribution in [0, 0.1) is 0 Å². The maximum Gasteiger partial charge on any atom is 0.217 e. The van der Waals surface area contributed by atoms with Gasteiger partial charge < -0.3 is 0 Å². The predicted octanol–water partition coefficient (Wildman–Crippen LogP) is 3.13. The molecule has 0 spiro atoms. The second-order valence-corrected chi connectivity index (χ2v) is 8.64. The molecule has 5 heteroatoms. The van der Waals surface area contributed by atoms with Crippen molar-refractivity contribution in [3.8, 4) is 0 Å². The molecule has 2 atom stereocenters. The van der Waals surface area contributed by atoms with Crippen LogP contribution in [0.4, 0.5) is 0 Å². The van der Waals surface area contributed by atoms with Crippen LogP contribution in [0.1, 0.15) is 58.3 Å². The van der Waals surface area contributed by atoms with Crippen LogP contribution in [0.15, 0.2) is 0 Å². The Hall–Kier alpha value is 0.200. The molecule has 106 valence electrons. The Morgan fingerprint density at radius 1 is 1.17 bits per heavy atom. The Morgan fingerprint density at radius 3 is 2.39 bits per heavy atom. The van der Waals surface area contributed by atoms with E-state index in [0.717, 1.165) is 51.4 Å². The molecule has 2 aliphatic rings. The fourth-order valence-corrected chi connectivity index (χ4v) is 5.81. The number of hydrogen-bond acceptors (Lipinski definition) is 2. The van der Waals surface area contributed by atoms with E-state index in [1.807, 2.05) is 6.92 Å². The van der Waals surface area contributed by atoms with Crippen LogP contribution in [-0.2, 0) is 10.0 Å². The number of sulfonamides is 1. The Labute approximate surface area is 116 Å². The predicted molar refractivity (Wildman–Crippen MR) is 75.5 cm³/mol. The molecular weight excluding hydrogens is 270 g/mol. The van der Waals surface area contributed by atoms with E-state index < -0.39 is 10.0 Å². The van der Waals surface area contributed by atoms with Gasteiger partial charge in [-0.15, -0.1) is 11.6 Å². The van der Waals surface area contributed by atoms with Crippen molar-refractivity contribution in [2.24, 2.45) is 0 Å². The monoisotopic (exact) mass is 293 g/mol. The van der Waals surface area contributed by atoms with Crippen LogP contribution in [0.3, 0.4) is 0 Å².